The van der Waals surface area contributed by atoms with Crippen molar-refractivity contribution in [2.75, 3.05) is 6.54 Å². The molecule has 0 spiro atoms. The quantitative estimate of drug-likeness (QED) is 0.763. The standard InChI is InChI=1S/C14H11Cl2F3N4/c15-11-2-1-8(12(16)22-11)6-23-4-3-10-9(7-23)5-20-13(21-10)14(17,18)19/h1-2,5H,3-4,6-7H2. The van der Waals surface area contributed by atoms with Crippen LogP contribution in [-0.2, 0) is 25.7 Å². The second-order valence-electron chi connectivity index (χ2n) is 5.21. The molecule has 0 saturated carbocycles. The third kappa shape index (κ3) is 3.73. The Morgan fingerprint density at radius 2 is 1.96 bits per heavy atom. The van der Waals surface area contributed by atoms with Gasteiger partial charge >= 0.3 is 6.18 Å². The lowest BCUT2D eigenvalue weighted by Crippen LogP contribution is -2.31. The first-order chi connectivity index (χ1) is 10.8. The summed E-state index contributed by atoms with van der Waals surface area (Å²) in [7, 11) is 0. The second kappa shape index (κ2) is 6.22. The molecule has 1 aliphatic heterocycles. The van der Waals surface area contributed by atoms with Crippen LogP contribution in [0.1, 0.15) is 22.6 Å². The smallest absolute Gasteiger partial charge is 0.294 e. The van der Waals surface area contributed by atoms with Crippen molar-refractivity contribution in [3.05, 3.63) is 51.3 Å². The first kappa shape index (κ1) is 16.4. The van der Waals surface area contributed by atoms with Crippen molar-refractivity contribution in [2.24, 2.45) is 0 Å². The minimum atomic E-state index is -4.52. The number of aromatic nitrogens is 3. The Kier molecular flexibility index (Phi) is 4.44. The van der Waals surface area contributed by atoms with Gasteiger partial charge in [0, 0.05) is 43.4 Å². The van der Waals surface area contributed by atoms with E-state index in [4.69, 9.17) is 23.2 Å². The average molecular weight is 363 g/mol. The van der Waals surface area contributed by atoms with Crippen LogP contribution in [0.5, 0.6) is 0 Å². The normalized spacial score (nSPS) is 15.5. The number of alkyl halides is 3. The van der Waals surface area contributed by atoms with Crippen LogP contribution in [0, 0.1) is 0 Å². The van der Waals surface area contributed by atoms with E-state index in [1.54, 1.807) is 12.1 Å². The number of halogens is 5. The van der Waals surface area contributed by atoms with Gasteiger partial charge in [0.15, 0.2) is 0 Å². The molecule has 0 amide bonds. The van der Waals surface area contributed by atoms with Crippen LogP contribution >= 0.6 is 23.2 Å². The fourth-order valence-electron chi connectivity index (χ4n) is 2.45. The third-order valence-electron chi connectivity index (χ3n) is 3.55. The zero-order valence-corrected chi connectivity index (χ0v) is 13.3. The molecule has 0 atom stereocenters. The van der Waals surface area contributed by atoms with E-state index in [0.717, 1.165) is 5.56 Å². The molecule has 0 unspecified atom stereocenters. The van der Waals surface area contributed by atoms with Crippen LogP contribution in [0.4, 0.5) is 13.2 Å². The Labute approximate surface area is 140 Å². The van der Waals surface area contributed by atoms with Crippen molar-refractivity contribution in [2.45, 2.75) is 25.7 Å². The molecule has 1 aliphatic rings. The number of rotatable bonds is 2. The highest BCUT2D eigenvalue weighted by Gasteiger charge is 2.35. The van der Waals surface area contributed by atoms with Crippen LogP contribution in [0.2, 0.25) is 10.3 Å². The van der Waals surface area contributed by atoms with Crippen molar-refractivity contribution in [1.82, 2.24) is 19.9 Å². The molecule has 122 valence electrons. The molecule has 0 radical (unpaired) electrons. The van der Waals surface area contributed by atoms with E-state index in [0.29, 0.717) is 47.6 Å². The monoisotopic (exact) mass is 362 g/mol. The molecule has 4 nitrogen and oxygen atoms in total. The van der Waals surface area contributed by atoms with Gasteiger partial charge < -0.3 is 0 Å². The highest BCUT2D eigenvalue weighted by molar-refractivity contribution is 6.32. The summed E-state index contributed by atoms with van der Waals surface area (Å²) in [5.41, 5.74) is 1.96. The Morgan fingerprint density at radius 1 is 1.17 bits per heavy atom. The number of fused-ring (bicyclic) bond motifs is 1. The maximum absolute atomic E-state index is 12.6. The summed E-state index contributed by atoms with van der Waals surface area (Å²) >= 11 is 11.8. The van der Waals surface area contributed by atoms with Crippen LogP contribution in [0.25, 0.3) is 0 Å². The summed E-state index contributed by atoms with van der Waals surface area (Å²) in [5, 5.41) is 0.641. The van der Waals surface area contributed by atoms with Gasteiger partial charge in [0.25, 0.3) is 0 Å². The van der Waals surface area contributed by atoms with Crippen molar-refractivity contribution >= 4 is 23.2 Å². The summed E-state index contributed by atoms with van der Waals surface area (Å²) in [6.45, 7) is 1.58. The van der Waals surface area contributed by atoms with E-state index in [-0.39, 0.29) is 0 Å². The highest BCUT2D eigenvalue weighted by Crippen LogP contribution is 2.28. The molecule has 3 rings (SSSR count). The van der Waals surface area contributed by atoms with Gasteiger partial charge in [-0.1, -0.05) is 29.3 Å². The van der Waals surface area contributed by atoms with E-state index in [1.807, 2.05) is 0 Å². The Balaban J connectivity index is 1.75. The van der Waals surface area contributed by atoms with Gasteiger partial charge in [-0.25, -0.2) is 15.0 Å². The Bertz CT molecular complexity index is 736. The van der Waals surface area contributed by atoms with Gasteiger partial charge in [0.1, 0.15) is 10.3 Å². The first-order valence-corrected chi connectivity index (χ1v) is 7.54. The number of hydrogen-bond donors (Lipinski definition) is 0. The summed E-state index contributed by atoms with van der Waals surface area (Å²) in [5.74, 6) is -1.09. The molecule has 0 bridgehead atoms. The zero-order chi connectivity index (χ0) is 16.6. The molecule has 0 aromatic carbocycles. The fraction of sp³-hybridized carbons (Fsp3) is 0.357. The maximum atomic E-state index is 12.6. The number of hydrogen-bond acceptors (Lipinski definition) is 4. The predicted octanol–water partition coefficient (Wildman–Crippen LogP) is 3.76. The molecule has 23 heavy (non-hydrogen) atoms. The van der Waals surface area contributed by atoms with Gasteiger partial charge in [-0.05, 0) is 6.07 Å². The van der Waals surface area contributed by atoms with Crippen LogP contribution in [0.15, 0.2) is 18.3 Å². The van der Waals surface area contributed by atoms with E-state index in [9.17, 15) is 13.2 Å². The third-order valence-corrected chi connectivity index (χ3v) is 4.09. The largest absolute Gasteiger partial charge is 0.451 e. The van der Waals surface area contributed by atoms with Gasteiger partial charge in [-0.3, -0.25) is 4.90 Å². The molecule has 0 fully saturated rings. The number of pyridine rings is 1. The zero-order valence-electron chi connectivity index (χ0n) is 11.7. The van der Waals surface area contributed by atoms with Crippen LogP contribution in [0.3, 0.4) is 0 Å². The van der Waals surface area contributed by atoms with Gasteiger partial charge in [-0.15, -0.1) is 0 Å². The molecular formula is C14H11Cl2F3N4. The van der Waals surface area contributed by atoms with E-state index >= 15 is 0 Å². The van der Waals surface area contributed by atoms with Gasteiger partial charge in [0.05, 0.1) is 5.69 Å². The molecule has 0 saturated heterocycles. The fourth-order valence-corrected chi connectivity index (χ4v) is 2.85. The molecular weight excluding hydrogens is 352 g/mol. The summed E-state index contributed by atoms with van der Waals surface area (Å²) in [6.07, 6.45) is -2.84. The first-order valence-electron chi connectivity index (χ1n) is 6.78. The molecule has 2 aromatic rings. The van der Waals surface area contributed by atoms with E-state index < -0.39 is 12.0 Å². The lowest BCUT2D eigenvalue weighted by Gasteiger charge is -2.28. The van der Waals surface area contributed by atoms with Crippen molar-refractivity contribution < 1.29 is 13.2 Å². The average Bonchev–Trinajstić information content (AvgIpc) is 2.48. The molecule has 3 heterocycles. The van der Waals surface area contributed by atoms with Gasteiger partial charge in [0.2, 0.25) is 5.82 Å². The second-order valence-corrected chi connectivity index (χ2v) is 5.95. The molecule has 0 N–H and O–H groups in total. The van der Waals surface area contributed by atoms with Crippen molar-refractivity contribution in [3.8, 4) is 0 Å². The van der Waals surface area contributed by atoms with Crippen molar-refractivity contribution in [3.63, 3.8) is 0 Å². The predicted molar refractivity (Wildman–Crippen MR) is 79.1 cm³/mol. The summed E-state index contributed by atoms with van der Waals surface area (Å²) < 4.78 is 37.9. The molecule has 2 aromatic heterocycles. The SMILES string of the molecule is FC(F)(F)c1ncc2c(n1)CCN(Cc1ccc(Cl)nc1Cl)C2. The van der Waals surface area contributed by atoms with E-state index in [1.165, 1.54) is 6.20 Å². The Hall–Kier alpha value is -1.44. The summed E-state index contributed by atoms with van der Waals surface area (Å²) in [6, 6.07) is 3.44. The maximum Gasteiger partial charge on any atom is 0.451 e. The highest BCUT2D eigenvalue weighted by atomic mass is 35.5. The Morgan fingerprint density at radius 3 is 2.65 bits per heavy atom. The minimum absolute atomic E-state index is 0.316. The lowest BCUT2D eigenvalue weighted by molar-refractivity contribution is -0.145. The minimum Gasteiger partial charge on any atom is -0.294 e. The van der Waals surface area contributed by atoms with Gasteiger partial charge in [-0.2, -0.15) is 13.2 Å². The van der Waals surface area contributed by atoms with Crippen molar-refractivity contribution in [1.29, 1.82) is 0 Å². The van der Waals surface area contributed by atoms with E-state index in [2.05, 4.69) is 19.9 Å². The summed E-state index contributed by atoms with van der Waals surface area (Å²) in [4.78, 5) is 13.1. The van der Waals surface area contributed by atoms with Crippen LogP contribution < -0.4 is 0 Å². The lowest BCUT2D eigenvalue weighted by atomic mass is 10.1. The molecule has 0 aliphatic carbocycles. The van der Waals surface area contributed by atoms with Crippen LogP contribution in [-0.4, -0.2) is 26.4 Å². The topological polar surface area (TPSA) is 41.9 Å². The molecule has 9 heteroatoms. The number of nitrogens with zero attached hydrogens (tertiary/aromatic N) is 4.